The third-order valence-electron chi connectivity index (χ3n) is 2.15. The first-order valence-corrected chi connectivity index (χ1v) is 4.19. The Bertz CT molecular complexity index is 101. The van der Waals surface area contributed by atoms with Crippen LogP contribution in [0, 0.1) is 0 Å². The summed E-state index contributed by atoms with van der Waals surface area (Å²) >= 11 is 0. The molecule has 0 atom stereocenters. The second-order valence-electron chi connectivity index (χ2n) is 3.35. The van der Waals surface area contributed by atoms with Crippen LogP contribution in [-0.4, -0.2) is 36.2 Å². The van der Waals surface area contributed by atoms with E-state index in [1.807, 2.05) is 0 Å². The monoisotopic (exact) mass is 142 g/mol. The highest BCUT2D eigenvalue weighted by molar-refractivity contribution is 4.65. The van der Waals surface area contributed by atoms with Crippen LogP contribution in [0.1, 0.15) is 26.7 Å². The van der Waals surface area contributed by atoms with Gasteiger partial charge in [-0.1, -0.05) is 0 Å². The van der Waals surface area contributed by atoms with E-state index < -0.39 is 0 Å². The van der Waals surface area contributed by atoms with Crippen molar-refractivity contribution in [1.29, 1.82) is 0 Å². The van der Waals surface area contributed by atoms with Gasteiger partial charge in [0.1, 0.15) is 0 Å². The van der Waals surface area contributed by atoms with Crippen LogP contribution in [0.2, 0.25) is 0 Å². The van der Waals surface area contributed by atoms with Gasteiger partial charge in [0.15, 0.2) is 0 Å². The molecule has 0 spiro atoms. The van der Waals surface area contributed by atoms with Crippen LogP contribution in [0.15, 0.2) is 0 Å². The van der Waals surface area contributed by atoms with Gasteiger partial charge in [-0.15, -0.1) is 0 Å². The average molecular weight is 142 g/mol. The Kier molecular flexibility index (Phi) is 2.69. The predicted molar refractivity (Wildman–Crippen MR) is 43.7 cm³/mol. The summed E-state index contributed by atoms with van der Waals surface area (Å²) in [7, 11) is 2.18. The fourth-order valence-electron chi connectivity index (χ4n) is 1.57. The molecule has 0 aromatic heterocycles. The highest BCUT2D eigenvalue weighted by atomic mass is 15.6. The van der Waals surface area contributed by atoms with Crippen LogP contribution < -0.4 is 0 Å². The summed E-state index contributed by atoms with van der Waals surface area (Å²) < 4.78 is 0. The Morgan fingerprint density at radius 2 is 1.70 bits per heavy atom. The molecule has 0 bridgehead atoms. The van der Waals surface area contributed by atoms with E-state index in [1.54, 1.807) is 0 Å². The number of nitrogens with zero attached hydrogens (tertiary/aromatic N) is 2. The van der Waals surface area contributed by atoms with Gasteiger partial charge < -0.3 is 0 Å². The van der Waals surface area contributed by atoms with Crippen molar-refractivity contribution in [1.82, 2.24) is 10.0 Å². The first-order chi connectivity index (χ1) is 4.72. The highest BCUT2D eigenvalue weighted by Crippen LogP contribution is 2.10. The topological polar surface area (TPSA) is 6.48 Å². The molecule has 0 N–H and O–H groups in total. The van der Waals surface area contributed by atoms with Gasteiger partial charge in [0.2, 0.25) is 0 Å². The summed E-state index contributed by atoms with van der Waals surface area (Å²) in [5.41, 5.74) is 0. The van der Waals surface area contributed by atoms with Crippen LogP contribution in [0.3, 0.4) is 0 Å². The van der Waals surface area contributed by atoms with Gasteiger partial charge in [0, 0.05) is 26.2 Å². The summed E-state index contributed by atoms with van der Waals surface area (Å²) in [5.74, 6) is 0. The first kappa shape index (κ1) is 8.02. The Morgan fingerprint density at radius 3 is 2.10 bits per heavy atom. The molecule has 0 saturated carbocycles. The largest absolute Gasteiger partial charge is 0.245 e. The minimum absolute atomic E-state index is 0.672. The van der Waals surface area contributed by atoms with E-state index in [9.17, 15) is 0 Å². The van der Waals surface area contributed by atoms with Gasteiger partial charge in [0.25, 0.3) is 0 Å². The average Bonchev–Trinajstić information content (AvgIpc) is 1.88. The van der Waals surface area contributed by atoms with E-state index >= 15 is 0 Å². The SMILES string of the molecule is CC(C)N1CCCCN1C. The Hall–Kier alpha value is -0.0800. The van der Waals surface area contributed by atoms with Crippen LogP contribution >= 0.6 is 0 Å². The molecule has 2 nitrogen and oxygen atoms in total. The van der Waals surface area contributed by atoms with Gasteiger partial charge in [-0.2, -0.15) is 0 Å². The lowest BCUT2D eigenvalue weighted by atomic mass is 10.2. The standard InChI is InChI=1S/C8H18N2/c1-8(2)10-7-5-4-6-9(10)3/h8H,4-7H2,1-3H3. The zero-order chi connectivity index (χ0) is 7.56. The van der Waals surface area contributed by atoms with Crippen molar-refractivity contribution in [3.8, 4) is 0 Å². The molecule has 1 aliphatic heterocycles. The molecule has 0 amide bonds. The van der Waals surface area contributed by atoms with Crippen molar-refractivity contribution >= 4 is 0 Å². The summed E-state index contributed by atoms with van der Waals surface area (Å²) in [6.45, 7) is 6.98. The molecule has 1 saturated heterocycles. The summed E-state index contributed by atoms with van der Waals surface area (Å²) in [5, 5.41) is 4.78. The van der Waals surface area contributed by atoms with E-state index in [2.05, 4.69) is 30.9 Å². The van der Waals surface area contributed by atoms with E-state index in [-0.39, 0.29) is 0 Å². The molecular weight excluding hydrogens is 124 g/mol. The van der Waals surface area contributed by atoms with Crippen molar-refractivity contribution in [2.45, 2.75) is 32.7 Å². The molecule has 1 aliphatic rings. The third-order valence-corrected chi connectivity index (χ3v) is 2.15. The molecule has 0 aliphatic carbocycles. The van der Waals surface area contributed by atoms with Gasteiger partial charge in [-0.05, 0) is 26.7 Å². The van der Waals surface area contributed by atoms with Gasteiger partial charge in [-0.25, -0.2) is 10.0 Å². The number of hydrazine groups is 1. The molecule has 0 unspecified atom stereocenters. The van der Waals surface area contributed by atoms with Crippen molar-refractivity contribution in [3.63, 3.8) is 0 Å². The van der Waals surface area contributed by atoms with Crippen molar-refractivity contribution in [2.24, 2.45) is 0 Å². The molecule has 10 heavy (non-hydrogen) atoms. The molecule has 60 valence electrons. The van der Waals surface area contributed by atoms with Crippen molar-refractivity contribution in [3.05, 3.63) is 0 Å². The zero-order valence-corrected chi connectivity index (χ0v) is 7.30. The van der Waals surface area contributed by atoms with E-state index in [4.69, 9.17) is 0 Å². The quantitative estimate of drug-likeness (QED) is 0.545. The summed E-state index contributed by atoms with van der Waals surface area (Å²) in [6.07, 6.45) is 2.72. The predicted octanol–water partition coefficient (Wildman–Crippen LogP) is 1.34. The zero-order valence-electron chi connectivity index (χ0n) is 7.30. The highest BCUT2D eigenvalue weighted by Gasteiger charge is 2.17. The van der Waals surface area contributed by atoms with E-state index in [1.165, 1.54) is 25.9 Å². The number of hydrogen-bond donors (Lipinski definition) is 0. The Balaban J connectivity index is 2.40. The van der Waals surface area contributed by atoms with Gasteiger partial charge in [-0.3, -0.25) is 0 Å². The molecule has 0 aromatic rings. The molecule has 0 radical (unpaired) electrons. The van der Waals surface area contributed by atoms with E-state index in [0.29, 0.717) is 6.04 Å². The molecule has 1 rings (SSSR count). The maximum Gasteiger partial charge on any atom is 0.0189 e. The lowest BCUT2D eigenvalue weighted by Gasteiger charge is -2.38. The molecule has 0 aromatic carbocycles. The van der Waals surface area contributed by atoms with Crippen LogP contribution in [0.5, 0.6) is 0 Å². The fraction of sp³-hybridized carbons (Fsp3) is 1.00. The smallest absolute Gasteiger partial charge is 0.0189 e. The lowest BCUT2D eigenvalue weighted by molar-refractivity contribution is -0.0523. The lowest BCUT2D eigenvalue weighted by Crippen LogP contribution is -2.48. The van der Waals surface area contributed by atoms with Crippen molar-refractivity contribution in [2.75, 3.05) is 20.1 Å². The first-order valence-electron chi connectivity index (χ1n) is 4.19. The Morgan fingerprint density at radius 1 is 1.10 bits per heavy atom. The summed E-state index contributed by atoms with van der Waals surface area (Å²) in [6, 6.07) is 0.672. The second-order valence-corrected chi connectivity index (χ2v) is 3.35. The number of hydrogen-bond acceptors (Lipinski definition) is 2. The van der Waals surface area contributed by atoms with Crippen LogP contribution in [0.25, 0.3) is 0 Å². The molecule has 1 fully saturated rings. The molecular formula is C8H18N2. The maximum atomic E-state index is 2.43. The molecule has 1 heterocycles. The minimum atomic E-state index is 0.672. The number of rotatable bonds is 1. The Labute approximate surface area is 63.8 Å². The fourth-order valence-corrected chi connectivity index (χ4v) is 1.57. The third kappa shape index (κ3) is 1.70. The van der Waals surface area contributed by atoms with Crippen molar-refractivity contribution < 1.29 is 0 Å². The second kappa shape index (κ2) is 3.35. The van der Waals surface area contributed by atoms with Crippen LogP contribution in [0.4, 0.5) is 0 Å². The normalized spacial score (nSPS) is 24.0. The van der Waals surface area contributed by atoms with Gasteiger partial charge in [0.05, 0.1) is 0 Å². The van der Waals surface area contributed by atoms with Crippen LogP contribution in [-0.2, 0) is 0 Å². The minimum Gasteiger partial charge on any atom is -0.245 e. The maximum absolute atomic E-state index is 2.43. The molecule has 2 heteroatoms. The van der Waals surface area contributed by atoms with Gasteiger partial charge >= 0.3 is 0 Å². The summed E-state index contributed by atoms with van der Waals surface area (Å²) in [4.78, 5) is 0. The van der Waals surface area contributed by atoms with E-state index in [0.717, 1.165) is 0 Å².